The molecule has 0 saturated carbocycles. The number of rotatable bonds is 6. The summed E-state index contributed by atoms with van der Waals surface area (Å²) in [4.78, 5) is 36.8. The van der Waals surface area contributed by atoms with Gasteiger partial charge in [-0.3, -0.25) is 14.4 Å². The molecule has 1 fully saturated rings. The summed E-state index contributed by atoms with van der Waals surface area (Å²) in [5.41, 5.74) is -1.29. The van der Waals surface area contributed by atoms with Gasteiger partial charge in [-0.1, -0.05) is 6.92 Å². The minimum Gasteiger partial charge on any atom is -0.348 e. The van der Waals surface area contributed by atoms with Gasteiger partial charge in [0.2, 0.25) is 10.0 Å². The molecule has 3 N–H and O–H groups in total. The monoisotopic (exact) mass is 533 g/mol. The highest BCUT2D eigenvalue weighted by molar-refractivity contribution is 7.89. The van der Waals surface area contributed by atoms with Gasteiger partial charge < -0.3 is 20.1 Å². The van der Waals surface area contributed by atoms with Crippen molar-refractivity contribution in [3.63, 3.8) is 0 Å². The van der Waals surface area contributed by atoms with Gasteiger partial charge in [0.05, 0.1) is 0 Å². The van der Waals surface area contributed by atoms with E-state index in [1.54, 1.807) is 13.8 Å². The van der Waals surface area contributed by atoms with Gasteiger partial charge in [-0.2, -0.15) is 0 Å². The Hall–Kier alpha value is -3.46. The maximum atomic E-state index is 15.1. The van der Waals surface area contributed by atoms with Crippen LogP contribution in [-0.2, 0) is 26.7 Å². The Balaban J connectivity index is 1.79. The van der Waals surface area contributed by atoms with Crippen LogP contribution in [0.3, 0.4) is 0 Å². The number of nitrogens with zero attached hydrogens (tertiary/aromatic N) is 2. The SMILES string of the molecule is CCNC(=O)C(=O)N1CC(C)C(NS(=O)(=O)c2cn(C)c(C(=O)Nc3cc(F)c(F)c(F)c3)c2F)C1. The number of benzene rings is 1. The number of aromatic nitrogens is 1. The van der Waals surface area contributed by atoms with E-state index < -0.39 is 79.3 Å². The molecule has 10 nitrogen and oxygen atoms in total. The minimum atomic E-state index is -4.55. The summed E-state index contributed by atoms with van der Waals surface area (Å²) in [7, 11) is -3.37. The molecule has 1 aliphatic rings. The van der Waals surface area contributed by atoms with Crippen molar-refractivity contribution in [1.82, 2.24) is 19.5 Å². The lowest BCUT2D eigenvalue weighted by Gasteiger charge is -2.17. The quantitative estimate of drug-likeness (QED) is 0.291. The van der Waals surface area contributed by atoms with Crippen LogP contribution in [0.2, 0.25) is 0 Å². The van der Waals surface area contributed by atoms with E-state index in [0.29, 0.717) is 12.1 Å². The number of anilines is 1. The number of carbonyl (C=O) groups excluding carboxylic acids is 3. The second-order valence-corrected chi connectivity index (χ2v) is 9.93. The lowest BCUT2D eigenvalue weighted by Crippen LogP contribution is -2.44. The third-order valence-electron chi connectivity index (χ3n) is 5.57. The fourth-order valence-corrected chi connectivity index (χ4v) is 5.22. The van der Waals surface area contributed by atoms with Crippen LogP contribution in [0.25, 0.3) is 0 Å². The number of hydrogen-bond donors (Lipinski definition) is 3. The molecule has 15 heteroatoms. The zero-order valence-electron chi connectivity index (χ0n) is 19.4. The first kappa shape index (κ1) is 27.1. The first-order chi connectivity index (χ1) is 16.8. The summed E-state index contributed by atoms with van der Waals surface area (Å²) in [5, 5.41) is 4.35. The van der Waals surface area contributed by atoms with Crippen LogP contribution in [0.1, 0.15) is 24.3 Å². The van der Waals surface area contributed by atoms with Crippen molar-refractivity contribution >= 4 is 33.4 Å². The van der Waals surface area contributed by atoms with Gasteiger partial charge in [0.15, 0.2) is 23.3 Å². The summed E-state index contributed by atoms with van der Waals surface area (Å²) in [6, 6.07) is 0.104. The molecule has 36 heavy (non-hydrogen) atoms. The number of aryl methyl sites for hydroxylation is 1. The predicted molar refractivity (Wildman–Crippen MR) is 118 cm³/mol. The van der Waals surface area contributed by atoms with Gasteiger partial charge in [-0.15, -0.1) is 0 Å². The molecule has 0 spiro atoms. The first-order valence-electron chi connectivity index (χ1n) is 10.7. The largest absolute Gasteiger partial charge is 0.348 e. The molecular formula is C21H23F4N5O5S. The highest BCUT2D eigenvalue weighted by atomic mass is 32.2. The fraction of sp³-hybridized carbons (Fsp3) is 0.381. The first-order valence-corrected chi connectivity index (χ1v) is 12.1. The molecule has 2 atom stereocenters. The summed E-state index contributed by atoms with van der Waals surface area (Å²) < 4.78 is 84.1. The van der Waals surface area contributed by atoms with Gasteiger partial charge in [0.25, 0.3) is 5.91 Å². The lowest BCUT2D eigenvalue weighted by atomic mass is 10.1. The standard InChI is InChI=1S/C21H23F4N5O5S/c1-4-26-20(32)21(33)30-7-10(2)14(8-30)28-36(34,35)15-9-29(3)18(17(15)25)19(31)27-11-5-12(22)16(24)13(23)6-11/h5-6,9-10,14,28H,4,7-8H2,1-3H3,(H,26,32)(H,27,31). The Morgan fingerprint density at radius 2 is 1.67 bits per heavy atom. The van der Waals surface area contributed by atoms with E-state index in [-0.39, 0.29) is 19.6 Å². The third kappa shape index (κ3) is 5.36. The molecule has 1 aromatic heterocycles. The molecule has 2 unspecified atom stereocenters. The molecule has 1 saturated heterocycles. The van der Waals surface area contributed by atoms with Crippen LogP contribution in [0.15, 0.2) is 23.2 Å². The number of nitrogens with one attached hydrogen (secondary N) is 3. The van der Waals surface area contributed by atoms with Crippen molar-refractivity contribution in [1.29, 1.82) is 0 Å². The number of carbonyl (C=O) groups is 3. The molecule has 0 radical (unpaired) electrons. The average Bonchev–Trinajstić information content (AvgIpc) is 3.30. The van der Waals surface area contributed by atoms with E-state index >= 15 is 4.39 Å². The lowest BCUT2D eigenvalue weighted by molar-refractivity contribution is -0.145. The van der Waals surface area contributed by atoms with Crippen molar-refractivity contribution in [3.8, 4) is 0 Å². The van der Waals surface area contributed by atoms with Crippen LogP contribution in [0, 0.1) is 29.2 Å². The Bertz CT molecular complexity index is 1310. The molecule has 3 rings (SSSR count). The Labute approximate surface area is 203 Å². The number of hydrogen-bond acceptors (Lipinski definition) is 5. The second-order valence-electron chi connectivity index (χ2n) is 8.25. The van der Waals surface area contributed by atoms with Crippen molar-refractivity contribution in [3.05, 3.63) is 47.3 Å². The Kier molecular flexibility index (Phi) is 7.73. The van der Waals surface area contributed by atoms with E-state index in [4.69, 9.17) is 0 Å². The summed E-state index contributed by atoms with van der Waals surface area (Å²) >= 11 is 0. The van der Waals surface area contributed by atoms with Crippen LogP contribution in [-0.4, -0.2) is 61.3 Å². The van der Waals surface area contributed by atoms with Crippen molar-refractivity contribution < 1.29 is 40.4 Å². The van der Waals surface area contributed by atoms with E-state index in [1.807, 2.05) is 5.32 Å². The fourth-order valence-electron chi connectivity index (χ4n) is 3.76. The normalized spacial score (nSPS) is 17.8. The summed E-state index contributed by atoms with van der Waals surface area (Å²) in [6.07, 6.45) is 0.829. The number of likely N-dealkylation sites (N-methyl/N-ethyl adjacent to an activating group) is 1. The predicted octanol–water partition coefficient (Wildman–Crippen LogP) is 1.10. The topological polar surface area (TPSA) is 130 Å². The van der Waals surface area contributed by atoms with E-state index in [9.17, 15) is 36.0 Å². The maximum Gasteiger partial charge on any atom is 0.311 e. The van der Waals surface area contributed by atoms with Gasteiger partial charge in [0.1, 0.15) is 10.6 Å². The minimum absolute atomic E-state index is 0.0822. The van der Waals surface area contributed by atoms with E-state index in [0.717, 1.165) is 10.8 Å². The second kappa shape index (κ2) is 10.3. The van der Waals surface area contributed by atoms with Gasteiger partial charge in [0, 0.05) is 56.7 Å². The van der Waals surface area contributed by atoms with Crippen molar-refractivity contribution in [2.75, 3.05) is 25.0 Å². The third-order valence-corrected chi connectivity index (χ3v) is 7.05. The highest BCUT2D eigenvalue weighted by Gasteiger charge is 2.38. The van der Waals surface area contributed by atoms with Crippen molar-refractivity contribution in [2.24, 2.45) is 13.0 Å². The highest BCUT2D eigenvalue weighted by Crippen LogP contribution is 2.25. The smallest absolute Gasteiger partial charge is 0.311 e. The number of amides is 3. The zero-order valence-corrected chi connectivity index (χ0v) is 20.2. The maximum absolute atomic E-state index is 15.1. The molecule has 1 aliphatic heterocycles. The van der Waals surface area contributed by atoms with Gasteiger partial charge in [-0.25, -0.2) is 30.7 Å². The Morgan fingerprint density at radius 1 is 1.06 bits per heavy atom. The molecule has 3 amide bonds. The summed E-state index contributed by atoms with van der Waals surface area (Å²) in [6.45, 7) is 3.45. The molecule has 196 valence electrons. The zero-order chi connectivity index (χ0) is 26.9. The summed E-state index contributed by atoms with van der Waals surface area (Å²) in [5.74, 6) is -9.70. The molecule has 2 aromatic rings. The van der Waals surface area contributed by atoms with Crippen LogP contribution < -0.4 is 15.4 Å². The van der Waals surface area contributed by atoms with Crippen LogP contribution in [0.5, 0.6) is 0 Å². The number of halogens is 4. The Morgan fingerprint density at radius 3 is 2.25 bits per heavy atom. The molecule has 2 heterocycles. The number of sulfonamides is 1. The molecule has 0 aliphatic carbocycles. The van der Waals surface area contributed by atoms with Crippen molar-refractivity contribution in [2.45, 2.75) is 24.8 Å². The van der Waals surface area contributed by atoms with E-state index in [1.165, 1.54) is 11.9 Å². The number of likely N-dealkylation sites (tertiary alicyclic amines) is 1. The molecular weight excluding hydrogens is 510 g/mol. The van der Waals surface area contributed by atoms with Crippen LogP contribution in [0.4, 0.5) is 23.2 Å². The van der Waals surface area contributed by atoms with Gasteiger partial charge >= 0.3 is 11.8 Å². The van der Waals surface area contributed by atoms with Crippen LogP contribution >= 0.6 is 0 Å². The average molecular weight is 534 g/mol. The molecule has 1 aromatic carbocycles. The van der Waals surface area contributed by atoms with E-state index in [2.05, 4.69) is 10.0 Å². The molecule has 0 bridgehead atoms. The van der Waals surface area contributed by atoms with Gasteiger partial charge in [-0.05, 0) is 12.8 Å².